The van der Waals surface area contributed by atoms with Crippen LogP contribution in [0.5, 0.6) is 0 Å². The third kappa shape index (κ3) is 3.22. The standard InChI is InChI=1S/C13H19BrN2O/c1-8(2)9(3)13(17)16(4)12-6-5-10(14)7-11(12)15/h5-9H,15H2,1-4H3. The van der Waals surface area contributed by atoms with Crippen molar-refractivity contribution in [2.24, 2.45) is 11.8 Å². The van der Waals surface area contributed by atoms with Crippen LogP contribution in [-0.4, -0.2) is 13.0 Å². The molecule has 3 nitrogen and oxygen atoms in total. The topological polar surface area (TPSA) is 46.3 Å². The van der Waals surface area contributed by atoms with Crippen LogP contribution in [0, 0.1) is 11.8 Å². The van der Waals surface area contributed by atoms with Crippen molar-refractivity contribution < 1.29 is 4.79 Å². The predicted molar refractivity (Wildman–Crippen MR) is 76.0 cm³/mol. The minimum Gasteiger partial charge on any atom is -0.397 e. The number of hydrogen-bond donors (Lipinski definition) is 1. The van der Waals surface area contributed by atoms with E-state index < -0.39 is 0 Å². The molecule has 1 aromatic rings. The molecule has 0 saturated carbocycles. The number of nitrogen functional groups attached to an aromatic ring is 1. The first kappa shape index (κ1) is 14.0. The van der Waals surface area contributed by atoms with Gasteiger partial charge < -0.3 is 10.6 Å². The van der Waals surface area contributed by atoms with E-state index >= 15 is 0 Å². The number of anilines is 2. The van der Waals surface area contributed by atoms with Gasteiger partial charge in [0.2, 0.25) is 5.91 Å². The SMILES string of the molecule is CC(C)C(C)C(=O)N(C)c1ccc(Br)cc1N. The Hall–Kier alpha value is -1.03. The van der Waals surface area contributed by atoms with Gasteiger partial charge in [-0.25, -0.2) is 0 Å². The Labute approximate surface area is 111 Å². The quantitative estimate of drug-likeness (QED) is 0.871. The molecule has 0 saturated heterocycles. The second-order valence-electron chi connectivity index (χ2n) is 4.63. The molecule has 94 valence electrons. The third-order valence-electron chi connectivity index (χ3n) is 3.07. The van der Waals surface area contributed by atoms with Crippen LogP contribution in [0.3, 0.4) is 0 Å². The molecule has 1 unspecified atom stereocenters. The average Bonchev–Trinajstić information content (AvgIpc) is 2.26. The summed E-state index contributed by atoms with van der Waals surface area (Å²) in [5.74, 6) is 0.402. The summed E-state index contributed by atoms with van der Waals surface area (Å²) in [6.07, 6.45) is 0. The van der Waals surface area contributed by atoms with Gasteiger partial charge in [0, 0.05) is 17.4 Å². The molecule has 0 fully saturated rings. The number of benzene rings is 1. The van der Waals surface area contributed by atoms with E-state index in [1.807, 2.05) is 32.9 Å². The van der Waals surface area contributed by atoms with Crippen molar-refractivity contribution in [1.29, 1.82) is 0 Å². The molecule has 17 heavy (non-hydrogen) atoms. The van der Waals surface area contributed by atoms with Crippen molar-refractivity contribution in [1.82, 2.24) is 0 Å². The molecule has 2 N–H and O–H groups in total. The Kier molecular flexibility index (Phi) is 4.57. The molecule has 1 rings (SSSR count). The van der Waals surface area contributed by atoms with Gasteiger partial charge in [0.15, 0.2) is 0 Å². The van der Waals surface area contributed by atoms with E-state index in [-0.39, 0.29) is 11.8 Å². The molecule has 0 aliphatic rings. The maximum Gasteiger partial charge on any atom is 0.229 e. The van der Waals surface area contributed by atoms with E-state index in [1.165, 1.54) is 0 Å². The maximum atomic E-state index is 12.2. The second kappa shape index (κ2) is 5.54. The Morgan fingerprint density at radius 1 is 1.35 bits per heavy atom. The molecule has 0 spiro atoms. The number of rotatable bonds is 3. The summed E-state index contributed by atoms with van der Waals surface area (Å²) in [4.78, 5) is 13.8. The lowest BCUT2D eigenvalue weighted by Crippen LogP contribution is -2.34. The van der Waals surface area contributed by atoms with Crippen LogP contribution in [0.4, 0.5) is 11.4 Å². The van der Waals surface area contributed by atoms with Crippen molar-refractivity contribution in [2.45, 2.75) is 20.8 Å². The summed E-state index contributed by atoms with van der Waals surface area (Å²) in [6.45, 7) is 6.03. The van der Waals surface area contributed by atoms with Gasteiger partial charge in [-0.1, -0.05) is 36.7 Å². The number of halogens is 1. The molecule has 0 heterocycles. The van der Waals surface area contributed by atoms with Gasteiger partial charge in [0.1, 0.15) is 0 Å². The molecule has 0 radical (unpaired) electrons. The zero-order valence-corrected chi connectivity index (χ0v) is 12.3. The van der Waals surface area contributed by atoms with Crippen molar-refractivity contribution >= 4 is 33.2 Å². The number of carbonyl (C=O) groups excluding carboxylic acids is 1. The van der Waals surface area contributed by atoms with Crippen LogP contribution < -0.4 is 10.6 Å². The van der Waals surface area contributed by atoms with Crippen molar-refractivity contribution in [3.05, 3.63) is 22.7 Å². The van der Waals surface area contributed by atoms with Gasteiger partial charge in [-0.15, -0.1) is 0 Å². The summed E-state index contributed by atoms with van der Waals surface area (Å²) < 4.78 is 0.913. The molecule has 4 heteroatoms. The zero-order valence-electron chi connectivity index (χ0n) is 10.7. The van der Waals surface area contributed by atoms with Gasteiger partial charge in [-0.3, -0.25) is 4.79 Å². The van der Waals surface area contributed by atoms with Gasteiger partial charge >= 0.3 is 0 Å². The Balaban J connectivity index is 2.96. The van der Waals surface area contributed by atoms with E-state index in [2.05, 4.69) is 15.9 Å². The number of amides is 1. The summed E-state index contributed by atoms with van der Waals surface area (Å²) in [5.41, 5.74) is 7.27. The number of carbonyl (C=O) groups is 1. The molecule has 0 bridgehead atoms. The zero-order chi connectivity index (χ0) is 13.2. The van der Waals surface area contributed by atoms with Gasteiger partial charge in [0.05, 0.1) is 11.4 Å². The van der Waals surface area contributed by atoms with Crippen molar-refractivity contribution in [2.75, 3.05) is 17.7 Å². The molecule has 0 aliphatic carbocycles. The normalized spacial score (nSPS) is 12.6. The van der Waals surface area contributed by atoms with Gasteiger partial charge in [0.25, 0.3) is 0 Å². The van der Waals surface area contributed by atoms with E-state index in [0.29, 0.717) is 11.6 Å². The fraction of sp³-hybridized carbons (Fsp3) is 0.462. The highest BCUT2D eigenvalue weighted by molar-refractivity contribution is 9.10. The first-order valence-electron chi connectivity index (χ1n) is 5.67. The fourth-order valence-electron chi connectivity index (χ4n) is 1.54. The molecular weight excluding hydrogens is 280 g/mol. The molecule has 1 atom stereocenters. The number of nitrogens with zero attached hydrogens (tertiary/aromatic N) is 1. The highest BCUT2D eigenvalue weighted by Crippen LogP contribution is 2.27. The Morgan fingerprint density at radius 2 is 1.94 bits per heavy atom. The van der Waals surface area contributed by atoms with Gasteiger partial charge in [-0.05, 0) is 24.1 Å². The van der Waals surface area contributed by atoms with E-state index in [9.17, 15) is 4.79 Å². The van der Waals surface area contributed by atoms with Crippen LogP contribution in [0.1, 0.15) is 20.8 Å². The fourth-order valence-corrected chi connectivity index (χ4v) is 1.92. The van der Waals surface area contributed by atoms with Crippen molar-refractivity contribution in [3.8, 4) is 0 Å². The van der Waals surface area contributed by atoms with Crippen LogP contribution in [-0.2, 0) is 4.79 Å². The summed E-state index contributed by atoms with van der Waals surface area (Å²) in [5, 5.41) is 0. The number of nitrogens with two attached hydrogens (primary N) is 1. The minimum atomic E-state index is -0.0111. The average molecular weight is 299 g/mol. The Bertz CT molecular complexity index is 418. The predicted octanol–water partition coefficient (Wildman–Crippen LogP) is 3.29. The highest BCUT2D eigenvalue weighted by atomic mass is 79.9. The minimum absolute atomic E-state index is 0.0111. The largest absolute Gasteiger partial charge is 0.397 e. The molecular formula is C13H19BrN2O. The second-order valence-corrected chi connectivity index (χ2v) is 5.55. The molecule has 0 aliphatic heterocycles. The lowest BCUT2D eigenvalue weighted by atomic mass is 9.96. The molecule has 1 amide bonds. The van der Waals surface area contributed by atoms with E-state index in [0.717, 1.165) is 10.2 Å². The van der Waals surface area contributed by atoms with Crippen LogP contribution in [0.2, 0.25) is 0 Å². The van der Waals surface area contributed by atoms with Gasteiger partial charge in [-0.2, -0.15) is 0 Å². The smallest absolute Gasteiger partial charge is 0.229 e. The lowest BCUT2D eigenvalue weighted by molar-refractivity contribution is -0.122. The van der Waals surface area contributed by atoms with Crippen LogP contribution >= 0.6 is 15.9 Å². The monoisotopic (exact) mass is 298 g/mol. The van der Waals surface area contributed by atoms with E-state index in [4.69, 9.17) is 5.73 Å². The van der Waals surface area contributed by atoms with Crippen LogP contribution in [0.25, 0.3) is 0 Å². The third-order valence-corrected chi connectivity index (χ3v) is 3.56. The summed E-state index contributed by atoms with van der Waals surface area (Å²) >= 11 is 3.35. The first-order chi connectivity index (χ1) is 7.84. The van der Waals surface area contributed by atoms with Crippen molar-refractivity contribution in [3.63, 3.8) is 0 Å². The summed E-state index contributed by atoms with van der Waals surface area (Å²) in [7, 11) is 1.76. The van der Waals surface area contributed by atoms with E-state index in [1.54, 1.807) is 18.0 Å². The molecule has 0 aromatic heterocycles. The molecule has 1 aromatic carbocycles. The maximum absolute atomic E-state index is 12.2. The Morgan fingerprint density at radius 3 is 2.41 bits per heavy atom. The number of hydrogen-bond acceptors (Lipinski definition) is 2. The highest BCUT2D eigenvalue weighted by Gasteiger charge is 2.22. The lowest BCUT2D eigenvalue weighted by Gasteiger charge is -2.24. The van der Waals surface area contributed by atoms with Crippen LogP contribution in [0.15, 0.2) is 22.7 Å². The first-order valence-corrected chi connectivity index (χ1v) is 6.46. The summed E-state index contributed by atoms with van der Waals surface area (Å²) in [6, 6.07) is 5.54.